The predicted octanol–water partition coefficient (Wildman–Crippen LogP) is 6.91. The lowest BCUT2D eigenvalue weighted by Gasteiger charge is -2.12. The van der Waals surface area contributed by atoms with E-state index < -0.39 is 0 Å². The summed E-state index contributed by atoms with van der Waals surface area (Å²) in [5.74, 6) is 0.0463. The molecule has 3 heterocycles. The van der Waals surface area contributed by atoms with Crippen molar-refractivity contribution in [3.05, 3.63) is 82.8 Å². The topological polar surface area (TPSA) is 69.1 Å². The molecule has 1 N–H and O–H groups in total. The molecule has 2 aromatic heterocycles. The molecule has 200 valence electrons. The van der Waals surface area contributed by atoms with Gasteiger partial charge in [-0.05, 0) is 80.0 Å². The van der Waals surface area contributed by atoms with Crippen LogP contribution in [0, 0.1) is 18.6 Å². The van der Waals surface area contributed by atoms with Gasteiger partial charge in [-0.3, -0.25) is 9.89 Å². The normalized spacial score (nSPS) is 13.8. The predicted molar refractivity (Wildman–Crippen MR) is 146 cm³/mol. The lowest BCUT2D eigenvalue weighted by molar-refractivity contribution is 0.111. The molecule has 39 heavy (non-hydrogen) atoms. The number of ether oxygens (including phenoxy) is 2. The van der Waals surface area contributed by atoms with Gasteiger partial charge in [-0.2, -0.15) is 5.10 Å². The molecule has 1 aliphatic heterocycles. The van der Waals surface area contributed by atoms with Crippen LogP contribution in [0.3, 0.4) is 0 Å². The number of aryl methyl sites for hydroxylation is 3. The molecule has 0 aliphatic carbocycles. The van der Waals surface area contributed by atoms with Gasteiger partial charge in [0.25, 0.3) is 0 Å². The maximum atomic E-state index is 15.6. The Morgan fingerprint density at radius 1 is 1.10 bits per heavy atom. The van der Waals surface area contributed by atoms with Crippen molar-refractivity contribution in [2.24, 2.45) is 0 Å². The molecule has 0 radical (unpaired) electrons. The number of aldehydes is 1. The van der Waals surface area contributed by atoms with Crippen LogP contribution < -0.4 is 4.74 Å². The number of H-pyrrole nitrogens is 1. The summed E-state index contributed by atoms with van der Waals surface area (Å²) >= 11 is 0. The first-order valence-corrected chi connectivity index (χ1v) is 13.3. The van der Waals surface area contributed by atoms with Gasteiger partial charge in [-0.15, -0.1) is 0 Å². The smallest absolute Gasteiger partial charge is 0.166 e. The lowest BCUT2D eigenvalue weighted by Crippen LogP contribution is -2.06. The van der Waals surface area contributed by atoms with E-state index in [1.54, 1.807) is 12.1 Å². The Bertz CT molecular complexity index is 1690. The van der Waals surface area contributed by atoms with Crippen LogP contribution in [0.1, 0.15) is 46.7 Å². The van der Waals surface area contributed by atoms with E-state index in [9.17, 15) is 9.18 Å². The zero-order valence-corrected chi connectivity index (χ0v) is 21.7. The number of hydrogen-bond donors (Lipinski definition) is 1. The first-order valence-electron chi connectivity index (χ1n) is 13.3. The second-order valence-corrected chi connectivity index (χ2v) is 9.96. The molecule has 3 aromatic carbocycles. The van der Waals surface area contributed by atoms with Crippen LogP contribution in [0.2, 0.25) is 0 Å². The number of nitrogens with one attached hydrogen (secondary N) is 1. The summed E-state index contributed by atoms with van der Waals surface area (Å²) in [6.07, 6.45) is 3.74. The zero-order valence-electron chi connectivity index (χ0n) is 21.7. The molecule has 0 spiro atoms. The minimum atomic E-state index is -0.356. The Labute approximate surface area is 224 Å². The number of nitrogens with zero attached hydrogens (tertiary/aromatic N) is 2. The van der Waals surface area contributed by atoms with Gasteiger partial charge >= 0.3 is 0 Å². The van der Waals surface area contributed by atoms with E-state index in [0.29, 0.717) is 67.5 Å². The van der Waals surface area contributed by atoms with Crippen molar-refractivity contribution < 1.29 is 23.0 Å². The zero-order chi connectivity index (χ0) is 26.9. The van der Waals surface area contributed by atoms with Crippen molar-refractivity contribution in [2.45, 2.75) is 45.8 Å². The van der Waals surface area contributed by atoms with Gasteiger partial charge < -0.3 is 14.0 Å². The van der Waals surface area contributed by atoms with E-state index in [4.69, 9.17) is 9.47 Å². The third-order valence-corrected chi connectivity index (χ3v) is 7.50. The van der Waals surface area contributed by atoms with Crippen LogP contribution in [0.4, 0.5) is 8.78 Å². The summed E-state index contributed by atoms with van der Waals surface area (Å²) in [5, 5.41) is 9.87. The molecular formula is C31H29F2N3O3. The Morgan fingerprint density at radius 2 is 1.97 bits per heavy atom. The maximum Gasteiger partial charge on any atom is 0.166 e. The van der Waals surface area contributed by atoms with Gasteiger partial charge in [0.15, 0.2) is 6.29 Å². The van der Waals surface area contributed by atoms with Gasteiger partial charge in [0.2, 0.25) is 0 Å². The number of fused-ring (bicyclic) bond motifs is 3. The highest BCUT2D eigenvalue weighted by Gasteiger charge is 2.26. The average Bonchev–Trinajstić information content (AvgIpc) is 3.43. The number of carbonyl (C=O) groups is 1. The van der Waals surface area contributed by atoms with Crippen molar-refractivity contribution in [3.8, 4) is 16.9 Å². The number of rotatable bonds is 6. The van der Waals surface area contributed by atoms with Crippen molar-refractivity contribution in [1.29, 1.82) is 0 Å². The van der Waals surface area contributed by atoms with Gasteiger partial charge in [0.05, 0.1) is 30.1 Å². The van der Waals surface area contributed by atoms with E-state index >= 15 is 4.39 Å². The molecule has 0 unspecified atom stereocenters. The fraction of sp³-hybridized carbons (Fsp3) is 0.290. The van der Waals surface area contributed by atoms with Crippen molar-refractivity contribution >= 4 is 28.0 Å². The van der Waals surface area contributed by atoms with E-state index in [0.717, 1.165) is 52.1 Å². The summed E-state index contributed by atoms with van der Waals surface area (Å²) in [6.45, 7) is 3.73. The minimum Gasteiger partial charge on any atom is -0.493 e. The maximum absolute atomic E-state index is 15.6. The van der Waals surface area contributed by atoms with Gasteiger partial charge in [-0.25, -0.2) is 8.78 Å². The van der Waals surface area contributed by atoms with E-state index in [-0.39, 0.29) is 11.6 Å². The fourth-order valence-electron chi connectivity index (χ4n) is 5.72. The second-order valence-electron chi connectivity index (χ2n) is 9.96. The Hall–Kier alpha value is -4.04. The third-order valence-electron chi connectivity index (χ3n) is 7.50. The average molecular weight is 530 g/mol. The monoisotopic (exact) mass is 529 g/mol. The molecule has 0 amide bonds. The fourth-order valence-corrected chi connectivity index (χ4v) is 5.72. The van der Waals surface area contributed by atoms with E-state index in [2.05, 4.69) is 10.2 Å². The molecule has 0 bridgehead atoms. The van der Waals surface area contributed by atoms with Crippen LogP contribution in [-0.4, -0.2) is 34.3 Å². The Balaban J connectivity index is 1.37. The van der Waals surface area contributed by atoms with E-state index in [1.807, 2.05) is 29.7 Å². The first kappa shape index (κ1) is 25.2. The molecule has 1 aliphatic rings. The van der Waals surface area contributed by atoms with Crippen LogP contribution >= 0.6 is 0 Å². The number of carbonyl (C=O) groups excluding carboxylic acids is 1. The molecule has 0 saturated carbocycles. The highest BCUT2D eigenvalue weighted by Crippen LogP contribution is 2.39. The summed E-state index contributed by atoms with van der Waals surface area (Å²) in [7, 11) is 0. The molecule has 0 saturated heterocycles. The van der Waals surface area contributed by atoms with Crippen LogP contribution in [0.5, 0.6) is 5.75 Å². The van der Waals surface area contributed by atoms with Crippen molar-refractivity contribution in [1.82, 2.24) is 14.8 Å². The molecule has 8 heteroatoms. The SMILES string of the molecule is Cc1[nH]nc2c1-c1c(F)ccc3c(CCCOc4cccc5cc(F)ccc45)c(C=O)n(c13)CCCCOC2. The first-order chi connectivity index (χ1) is 19.1. The molecule has 5 aromatic rings. The highest BCUT2D eigenvalue weighted by molar-refractivity contribution is 6.02. The van der Waals surface area contributed by atoms with Crippen molar-refractivity contribution in [2.75, 3.05) is 13.2 Å². The number of halogens is 2. The number of aromatic nitrogens is 3. The summed E-state index contributed by atoms with van der Waals surface area (Å²) in [4.78, 5) is 12.5. The lowest BCUT2D eigenvalue weighted by atomic mass is 9.98. The molecule has 0 fully saturated rings. The number of hydrogen-bond acceptors (Lipinski definition) is 4. The van der Waals surface area contributed by atoms with Crippen LogP contribution in [0.15, 0.2) is 48.5 Å². The van der Waals surface area contributed by atoms with Crippen LogP contribution in [-0.2, 0) is 24.3 Å². The Kier molecular flexibility index (Phi) is 6.87. The van der Waals surface area contributed by atoms with Gasteiger partial charge in [0, 0.05) is 40.7 Å². The largest absolute Gasteiger partial charge is 0.493 e. The Morgan fingerprint density at radius 3 is 2.85 bits per heavy atom. The van der Waals surface area contributed by atoms with E-state index in [1.165, 1.54) is 18.2 Å². The number of aromatic amines is 1. The third kappa shape index (κ3) is 4.59. The summed E-state index contributed by atoms with van der Waals surface area (Å²) < 4.78 is 43.1. The van der Waals surface area contributed by atoms with Gasteiger partial charge in [0.1, 0.15) is 17.4 Å². The van der Waals surface area contributed by atoms with Crippen molar-refractivity contribution in [3.63, 3.8) is 0 Å². The number of benzene rings is 3. The van der Waals surface area contributed by atoms with Gasteiger partial charge in [-0.1, -0.05) is 12.1 Å². The standard InChI is InChI=1S/C31H29F2N3O3/c1-19-29-26(35-34-19)18-38-14-3-2-13-36-27(17-37)23(24-11-12-25(33)30(29)31(24)36)7-5-15-39-28-8-4-6-20-16-21(32)9-10-22(20)28/h4,6,8-12,16-17H,2-3,5,7,13-15,18H2,1H3,(H,34,35). The second kappa shape index (κ2) is 10.6. The summed E-state index contributed by atoms with van der Waals surface area (Å²) in [5.41, 5.74) is 4.74. The summed E-state index contributed by atoms with van der Waals surface area (Å²) in [6, 6.07) is 13.5. The molecule has 6 rings (SSSR count). The molecule has 0 atom stereocenters. The molecular weight excluding hydrogens is 500 g/mol. The van der Waals surface area contributed by atoms with Crippen LogP contribution in [0.25, 0.3) is 32.8 Å². The quantitative estimate of drug-likeness (QED) is 0.192. The minimum absolute atomic E-state index is 0.288. The highest BCUT2D eigenvalue weighted by atomic mass is 19.1. The molecule has 6 nitrogen and oxygen atoms in total.